The van der Waals surface area contributed by atoms with Crippen molar-refractivity contribution in [1.82, 2.24) is 0 Å². The Balaban J connectivity index is 4.35. The second-order valence-corrected chi connectivity index (χ2v) is 22.4. The number of unbranched alkanes of at least 4 members (excludes halogenated alkanes) is 38. The van der Waals surface area contributed by atoms with Crippen molar-refractivity contribution in [3.8, 4) is 0 Å². The minimum atomic E-state index is -0.780. The molecule has 6 nitrogen and oxygen atoms in total. The predicted octanol–water partition coefficient (Wildman–Crippen LogP) is 22.9. The molecule has 0 saturated heterocycles. The molecule has 0 aliphatic rings. The van der Waals surface area contributed by atoms with Crippen LogP contribution in [-0.4, -0.2) is 37.2 Å². The lowest BCUT2D eigenvalue weighted by Crippen LogP contribution is -2.30. The molecule has 1 atom stereocenters. The summed E-state index contributed by atoms with van der Waals surface area (Å²) >= 11 is 0. The van der Waals surface area contributed by atoms with Crippen LogP contribution in [0.4, 0.5) is 0 Å². The molecule has 0 aromatic heterocycles. The van der Waals surface area contributed by atoms with Gasteiger partial charge in [-0.15, -0.1) is 0 Å². The van der Waals surface area contributed by atoms with Crippen molar-refractivity contribution in [3.63, 3.8) is 0 Å². The van der Waals surface area contributed by atoms with E-state index in [4.69, 9.17) is 14.2 Å². The molecule has 0 aliphatic heterocycles. The Kier molecular flexibility index (Phi) is 62.7. The number of ether oxygens (including phenoxy) is 3. The van der Waals surface area contributed by atoms with Gasteiger partial charge in [0, 0.05) is 19.3 Å². The van der Waals surface area contributed by atoms with E-state index >= 15 is 0 Å². The lowest BCUT2D eigenvalue weighted by molar-refractivity contribution is -0.167. The molecule has 1 unspecified atom stereocenters. The smallest absolute Gasteiger partial charge is 0.306 e. The summed E-state index contributed by atoms with van der Waals surface area (Å²) in [5, 5.41) is 0. The van der Waals surface area contributed by atoms with Gasteiger partial charge in [-0.3, -0.25) is 14.4 Å². The van der Waals surface area contributed by atoms with E-state index in [1.54, 1.807) is 0 Å². The Labute approximate surface area is 478 Å². The molecule has 0 aromatic rings. The Morgan fingerprint density at radius 1 is 0.273 bits per heavy atom. The van der Waals surface area contributed by atoms with Crippen LogP contribution < -0.4 is 0 Å². The summed E-state index contributed by atoms with van der Waals surface area (Å²) in [5.41, 5.74) is 0. The van der Waals surface area contributed by atoms with Crippen LogP contribution in [0.2, 0.25) is 0 Å². The van der Waals surface area contributed by atoms with Gasteiger partial charge >= 0.3 is 17.9 Å². The normalized spacial score (nSPS) is 12.5. The van der Waals surface area contributed by atoms with E-state index < -0.39 is 6.10 Å². The number of esters is 3. The van der Waals surface area contributed by atoms with Gasteiger partial charge in [0.2, 0.25) is 0 Å². The number of rotatable bonds is 61. The van der Waals surface area contributed by atoms with Crippen LogP contribution in [0, 0.1) is 0 Å². The van der Waals surface area contributed by atoms with E-state index in [1.165, 1.54) is 199 Å². The van der Waals surface area contributed by atoms with Crippen molar-refractivity contribution in [2.75, 3.05) is 13.2 Å². The predicted molar refractivity (Wildman–Crippen MR) is 335 cm³/mol. The van der Waals surface area contributed by atoms with Crippen molar-refractivity contribution in [3.05, 3.63) is 72.9 Å². The van der Waals surface area contributed by atoms with Gasteiger partial charge < -0.3 is 14.2 Å². The van der Waals surface area contributed by atoms with Gasteiger partial charge in [0.25, 0.3) is 0 Å². The molecule has 0 N–H and O–H groups in total. The Morgan fingerprint density at radius 2 is 0.506 bits per heavy atom. The standard InChI is InChI=1S/C71H126O6/c1-4-7-10-13-16-19-22-25-28-30-32-33-34-35-36-37-39-40-43-46-49-52-55-58-61-64-70(73)76-67-68(66-75-69(72)63-60-57-54-51-48-45-42-27-24-21-18-15-12-9-6-3)77-71(74)65-62-59-56-53-50-47-44-41-38-31-29-26-23-20-17-14-11-8-5-2/h7,10,16,19,25,28,32-33,35-36,39-40,68H,4-6,8-9,11-15,17-18,20-24,26-27,29-31,34,37-38,41-67H2,1-3H3/b10-7-,19-16-,28-25-,33-32-,36-35-,40-39-. The van der Waals surface area contributed by atoms with E-state index in [2.05, 4.69) is 93.7 Å². The van der Waals surface area contributed by atoms with Crippen molar-refractivity contribution in [1.29, 1.82) is 0 Å². The van der Waals surface area contributed by atoms with Crippen molar-refractivity contribution >= 4 is 17.9 Å². The molecule has 0 aromatic carbocycles. The van der Waals surface area contributed by atoms with Crippen LogP contribution in [0.3, 0.4) is 0 Å². The van der Waals surface area contributed by atoms with Crippen LogP contribution in [0.25, 0.3) is 0 Å². The molecule has 0 amide bonds. The van der Waals surface area contributed by atoms with Gasteiger partial charge in [0.05, 0.1) is 0 Å². The molecule has 0 bridgehead atoms. The topological polar surface area (TPSA) is 78.9 Å². The molecule has 0 rings (SSSR count). The molecule has 0 fully saturated rings. The highest BCUT2D eigenvalue weighted by molar-refractivity contribution is 5.71. The summed E-state index contributed by atoms with van der Waals surface area (Å²) < 4.78 is 17.0. The van der Waals surface area contributed by atoms with Gasteiger partial charge in [-0.2, -0.15) is 0 Å². The quantitative estimate of drug-likeness (QED) is 0.0261. The molecule has 0 saturated carbocycles. The van der Waals surface area contributed by atoms with Gasteiger partial charge in [-0.05, 0) is 70.6 Å². The third kappa shape index (κ3) is 63.6. The third-order valence-corrected chi connectivity index (χ3v) is 14.7. The second kappa shape index (κ2) is 65.4. The van der Waals surface area contributed by atoms with E-state index in [-0.39, 0.29) is 31.1 Å². The van der Waals surface area contributed by atoms with Gasteiger partial charge in [-0.1, -0.05) is 325 Å². The number of hydrogen-bond acceptors (Lipinski definition) is 6. The summed E-state index contributed by atoms with van der Waals surface area (Å²) in [5.74, 6) is -0.868. The van der Waals surface area contributed by atoms with E-state index in [0.717, 1.165) is 103 Å². The highest BCUT2D eigenvalue weighted by Gasteiger charge is 2.19. The summed E-state index contributed by atoms with van der Waals surface area (Å²) in [4.78, 5) is 38.4. The monoisotopic (exact) mass is 1070 g/mol. The molecular weight excluding hydrogens is 949 g/mol. The Hall–Kier alpha value is -3.15. The first-order chi connectivity index (χ1) is 38.0. The number of carbonyl (C=O) groups is 3. The maximum atomic E-state index is 12.9. The zero-order chi connectivity index (χ0) is 55.7. The van der Waals surface area contributed by atoms with Crippen LogP contribution in [0.1, 0.15) is 342 Å². The first-order valence-electron chi connectivity index (χ1n) is 33.4. The van der Waals surface area contributed by atoms with Gasteiger partial charge in [0.15, 0.2) is 6.10 Å². The fourth-order valence-electron chi connectivity index (χ4n) is 9.74. The van der Waals surface area contributed by atoms with Gasteiger partial charge in [-0.25, -0.2) is 0 Å². The SMILES string of the molecule is CC/C=C\C/C=C\C/C=C\C/C=C\C/C=C\C/C=C\CCCCCCCCC(=O)OCC(COC(=O)CCCCCCCCCCCCCCCCC)OC(=O)CCCCCCCCCCCCCCCCCCCCC. The fraction of sp³-hybridized carbons (Fsp3) is 0.789. The largest absolute Gasteiger partial charge is 0.462 e. The second-order valence-electron chi connectivity index (χ2n) is 22.4. The molecule has 77 heavy (non-hydrogen) atoms. The van der Waals surface area contributed by atoms with Gasteiger partial charge in [0.1, 0.15) is 13.2 Å². The fourth-order valence-corrected chi connectivity index (χ4v) is 9.74. The maximum Gasteiger partial charge on any atom is 0.306 e. The molecule has 0 aliphatic carbocycles. The highest BCUT2D eigenvalue weighted by Crippen LogP contribution is 2.18. The van der Waals surface area contributed by atoms with E-state index in [1.807, 2.05) is 0 Å². The number of hydrogen-bond donors (Lipinski definition) is 0. The lowest BCUT2D eigenvalue weighted by Gasteiger charge is -2.18. The number of allylic oxidation sites excluding steroid dienone is 12. The highest BCUT2D eigenvalue weighted by atomic mass is 16.6. The number of carbonyl (C=O) groups excluding carboxylic acids is 3. The average molecular weight is 1080 g/mol. The van der Waals surface area contributed by atoms with Crippen LogP contribution in [0.5, 0.6) is 0 Å². The zero-order valence-electron chi connectivity index (χ0n) is 51.2. The van der Waals surface area contributed by atoms with E-state index in [0.29, 0.717) is 19.3 Å². The summed E-state index contributed by atoms with van der Waals surface area (Å²) in [6.45, 7) is 6.57. The molecule has 0 spiro atoms. The molecule has 0 radical (unpaired) electrons. The van der Waals surface area contributed by atoms with Crippen LogP contribution in [-0.2, 0) is 28.6 Å². The first kappa shape index (κ1) is 73.8. The summed E-state index contributed by atoms with van der Waals surface area (Å²) in [6.07, 6.45) is 84.8. The average Bonchev–Trinajstić information content (AvgIpc) is 3.43. The lowest BCUT2D eigenvalue weighted by atomic mass is 10.0. The minimum absolute atomic E-state index is 0.0750. The first-order valence-corrected chi connectivity index (χ1v) is 33.4. The van der Waals surface area contributed by atoms with Crippen LogP contribution in [0.15, 0.2) is 72.9 Å². The summed E-state index contributed by atoms with van der Waals surface area (Å²) in [7, 11) is 0. The van der Waals surface area contributed by atoms with Crippen molar-refractivity contribution in [2.24, 2.45) is 0 Å². The minimum Gasteiger partial charge on any atom is -0.462 e. The molecule has 0 heterocycles. The maximum absolute atomic E-state index is 12.9. The van der Waals surface area contributed by atoms with Crippen molar-refractivity contribution in [2.45, 2.75) is 348 Å². The zero-order valence-corrected chi connectivity index (χ0v) is 51.2. The molecule has 446 valence electrons. The Bertz CT molecular complexity index is 1420. The van der Waals surface area contributed by atoms with Crippen LogP contribution >= 0.6 is 0 Å². The molecule has 6 heteroatoms. The summed E-state index contributed by atoms with van der Waals surface area (Å²) in [6, 6.07) is 0. The third-order valence-electron chi connectivity index (χ3n) is 14.7. The van der Waals surface area contributed by atoms with Crippen molar-refractivity contribution < 1.29 is 28.6 Å². The molecular formula is C71H126O6. The Morgan fingerprint density at radius 3 is 0.792 bits per heavy atom. The van der Waals surface area contributed by atoms with E-state index in [9.17, 15) is 14.4 Å².